The van der Waals surface area contributed by atoms with Crippen LogP contribution in [0.15, 0.2) is 0 Å². The quantitative estimate of drug-likeness (QED) is 0.375. The predicted octanol–water partition coefficient (Wildman–Crippen LogP) is -21.0. The first-order valence-corrected chi connectivity index (χ1v) is 0. The van der Waals surface area contributed by atoms with Crippen LogP contribution < -0.4 is 126 Å². The van der Waals surface area contributed by atoms with Crippen molar-refractivity contribution in [2.75, 3.05) is 0 Å². The average Bonchev–Trinajstić information content (AvgIpc) is 0. The third-order valence-electron chi connectivity index (χ3n) is 0. The van der Waals surface area contributed by atoms with Crippen molar-refractivity contribution < 1.29 is 126 Å². The van der Waals surface area contributed by atoms with Crippen molar-refractivity contribution in [2.45, 2.75) is 0 Å². The number of hydrogen-bond acceptors (Lipinski definition) is 0. The molecule has 0 aromatic carbocycles. The zero-order valence-electron chi connectivity index (χ0n) is 3.27. The largest absolute Gasteiger partial charge is 1.00 e. The Balaban J connectivity index is 0. The molecule has 48 valence electrons. The van der Waals surface area contributed by atoms with Gasteiger partial charge in [0.2, 0.25) is 0 Å². The second-order valence-electron chi connectivity index (χ2n) is 0. The Morgan fingerprint density at radius 3 is 0.286 bits per heavy atom. The second kappa shape index (κ2) is 57.7. The fourth-order valence-corrected chi connectivity index (χ4v) is 0. The van der Waals surface area contributed by atoms with Gasteiger partial charge in [0.1, 0.15) is 0 Å². The summed E-state index contributed by atoms with van der Waals surface area (Å²) in [6.45, 7) is 0. The Labute approximate surface area is 123 Å². The van der Waals surface area contributed by atoms with Crippen LogP contribution in [0.2, 0.25) is 0 Å². The molecule has 0 N–H and O–H groups in total. The molecule has 0 unspecified atom stereocenters. The van der Waals surface area contributed by atoms with Gasteiger partial charge in [0.05, 0.1) is 0 Å². The Kier molecular flexibility index (Phi) is 660. The van der Waals surface area contributed by atoms with Crippen molar-refractivity contribution in [3.63, 3.8) is 0 Å². The minimum absolute atomic E-state index is 0. The van der Waals surface area contributed by atoms with E-state index in [-0.39, 0.29) is 126 Å². The molecule has 0 aromatic rings. The van der Waals surface area contributed by atoms with Crippen molar-refractivity contribution in [2.24, 2.45) is 0 Å². The van der Waals surface area contributed by atoms with Crippen molar-refractivity contribution in [1.29, 1.82) is 0 Å². The summed E-state index contributed by atoms with van der Waals surface area (Å²) in [5, 5.41) is 0. The summed E-state index contributed by atoms with van der Waals surface area (Å²) in [4.78, 5) is 0. The minimum Gasteiger partial charge on any atom is -1.00 e. The first-order chi connectivity index (χ1) is 0. The molecule has 0 fully saturated rings. The van der Waals surface area contributed by atoms with E-state index in [9.17, 15) is 0 Å². The van der Waals surface area contributed by atoms with Gasteiger partial charge >= 0.3 is 51.4 Å². The van der Waals surface area contributed by atoms with E-state index >= 15 is 0 Å². The Morgan fingerprint density at radius 2 is 0.286 bits per heavy atom. The maximum atomic E-state index is 0. The van der Waals surface area contributed by atoms with Gasteiger partial charge in [-0.05, 0) is 0 Å². The van der Waals surface area contributed by atoms with Gasteiger partial charge in [-0.3, -0.25) is 0 Å². The van der Waals surface area contributed by atoms with Crippen LogP contribution in [0.4, 0.5) is 0 Å². The van der Waals surface area contributed by atoms with Gasteiger partial charge in [0, 0.05) is 0 Å². The molecule has 0 amide bonds. The molecule has 0 nitrogen and oxygen atoms in total. The molecule has 0 aliphatic carbocycles. The topological polar surface area (TPSA) is 0 Å². The maximum absolute atomic E-state index is 0. The number of hydrogen-bond donors (Lipinski definition) is 0. The second-order valence-corrected chi connectivity index (χ2v) is 0. The fraction of sp³-hybridized carbons (Fsp3) is 0. The van der Waals surface area contributed by atoms with E-state index in [0.717, 1.165) is 0 Å². The molecule has 0 radical (unpaired) electrons. The molecule has 0 spiro atoms. The summed E-state index contributed by atoms with van der Waals surface area (Å²) in [7, 11) is 0. The smallest absolute Gasteiger partial charge is 1.00 e. The van der Waals surface area contributed by atoms with E-state index in [1.54, 1.807) is 0 Å². The van der Waals surface area contributed by atoms with E-state index in [1.807, 2.05) is 0 Å². The van der Waals surface area contributed by atoms with Gasteiger partial charge in [-0.2, -0.15) is 0 Å². The van der Waals surface area contributed by atoms with Gasteiger partial charge in [0.25, 0.3) is 0 Å². The molecule has 0 saturated heterocycles. The SMILES string of the molecule is [Cl-].[Cl-].[Cl-].[Cl-].[Cl-].[Cl-].[K+]. The summed E-state index contributed by atoms with van der Waals surface area (Å²) in [5.74, 6) is 0. The predicted molar refractivity (Wildman–Crippen MR) is 0 cm³/mol. The molecule has 7 heavy (non-hydrogen) atoms. The van der Waals surface area contributed by atoms with E-state index in [1.165, 1.54) is 0 Å². The Morgan fingerprint density at radius 1 is 0.286 bits per heavy atom. The third-order valence-corrected chi connectivity index (χ3v) is 0. The monoisotopic (exact) mass is 249 g/mol. The molecule has 0 rings (SSSR count). The molecule has 0 saturated carbocycles. The van der Waals surface area contributed by atoms with Gasteiger partial charge in [-0.25, -0.2) is 0 Å². The summed E-state index contributed by atoms with van der Waals surface area (Å²) in [5.41, 5.74) is 0. The van der Waals surface area contributed by atoms with Gasteiger partial charge in [-0.15, -0.1) is 0 Å². The van der Waals surface area contributed by atoms with Crippen LogP contribution in [0, 0.1) is 0 Å². The van der Waals surface area contributed by atoms with Crippen LogP contribution in [0.1, 0.15) is 0 Å². The Bertz CT molecular complexity index is 4.14. The zero-order valence-corrected chi connectivity index (χ0v) is 10.9. The van der Waals surface area contributed by atoms with Crippen LogP contribution in [-0.4, -0.2) is 0 Å². The molecule has 7 heteroatoms. The van der Waals surface area contributed by atoms with E-state index in [0.29, 0.717) is 0 Å². The van der Waals surface area contributed by atoms with Crippen LogP contribution in [0.3, 0.4) is 0 Å². The summed E-state index contributed by atoms with van der Waals surface area (Å²) < 4.78 is 0. The molecular weight excluding hydrogens is 252 g/mol. The first-order valence-electron chi connectivity index (χ1n) is 0. The molecular formula is Cl6K-5. The van der Waals surface area contributed by atoms with Crippen molar-refractivity contribution in [3.8, 4) is 0 Å². The Hall–Kier alpha value is 3.38. The van der Waals surface area contributed by atoms with Crippen LogP contribution in [0.25, 0.3) is 0 Å². The zero-order chi connectivity index (χ0) is 0. The summed E-state index contributed by atoms with van der Waals surface area (Å²) in [6.07, 6.45) is 0. The van der Waals surface area contributed by atoms with Crippen molar-refractivity contribution in [3.05, 3.63) is 0 Å². The number of rotatable bonds is 0. The molecule has 0 heterocycles. The fourth-order valence-electron chi connectivity index (χ4n) is 0. The van der Waals surface area contributed by atoms with Gasteiger partial charge in [-0.1, -0.05) is 0 Å². The maximum Gasteiger partial charge on any atom is 1.00 e. The molecule has 0 bridgehead atoms. The average molecular weight is 252 g/mol. The molecule has 0 atom stereocenters. The van der Waals surface area contributed by atoms with Crippen LogP contribution in [0.5, 0.6) is 0 Å². The first kappa shape index (κ1) is 80.0. The normalized spacial score (nSPS) is 0. The molecule has 0 aliphatic rings. The van der Waals surface area contributed by atoms with E-state index < -0.39 is 0 Å². The van der Waals surface area contributed by atoms with Crippen molar-refractivity contribution >= 4 is 0 Å². The van der Waals surface area contributed by atoms with E-state index in [2.05, 4.69) is 0 Å². The van der Waals surface area contributed by atoms with Crippen molar-refractivity contribution in [1.82, 2.24) is 0 Å². The molecule has 0 aliphatic heterocycles. The van der Waals surface area contributed by atoms with Crippen LogP contribution >= 0.6 is 0 Å². The van der Waals surface area contributed by atoms with Gasteiger partial charge in [0.15, 0.2) is 0 Å². The third kappa shape index (κ3) is 44.8. The minimum atomic E-state index is 0. The van der Waals surface area contributed by atoms with Crippen LogP contribution in [-0.2, 0) is 0 Å². The van der Waals surface area contributed by atoms with Gasteiger partial charge < -0.3 is 74.4 Å². The summed E-state index contributed by atoms with van der Waals surface area (Å²) >= 11 is 0. The van der Waals surface area contributed by atoms with E-state index in [4.69, 9.17) is 0 Å². The standard InChI is InChI=1S/6ClH.K/h6*1H;/q;;;;;;+1/p-6. The summed E-state index contributed by atoms with van der Waals surface area (Å²) in [6, 6.07) is 0. The number of halogens is 6. The molecule has 0 aromatic heterocycles.